The lowest BCUT2D eigenvalue weighted by Gasteiger charge is -2.31. The fraction of sp³-hybridized carbons (Fsp3) is 0.0833. The SMILES string of the molecule is CC(c1[c]cc[c]c1)(c1[c]cc[c]c1)c1ccc2ccccc2c1. The summed E-state index contributed by atoms with van der Waals surface area (Å²) < 4.78 is 0. The molecule has 112 valence electrons. The first kappa shape index (κ1) is 14.7. The largest absolute Gasteiger partial charge is 0.0616 e. The Morgan fingerprint density at radius 3 is 1.92 bits per heavy atom. The molecule has 24 heavy (non-hydrogen) atoms. The summed E-state index contributed by atoms with van der Waals surface area (Å²) in [5.41, 5.74) is 3.03. The third kappa shape index (κ3) is 2.41. The highest BCUT2D eigenvalue weighted by atomic mass is 14.3. The van der Waals surface area contributed by atoms with Gasteiger partial charge < -0.3 is 0 Å². The number of rotatable bonds is 3. The lowest BCUT2D eigenvalue weighted by Crippen LogP contribution is -2.25. The molecule has 0 heteroatoms. The highest BCUT2D eigenvalue weighted by Crippen LogP contribution is 2.39. The quantitative estimate of drug-likeness (QED) is 0.445. The van der Waals surface area contributed by atoms with E-state index in [4.69, 9.17) is 0 Å². The van der Waals surface area contributed by atoms with E-state index in [9.17, 15) is 0 Å². The first-order valence-corrected chi connectivity index (χ1v) is 8.04. The van der Waals surface area contributed by atoms with Crippen molar-refractivity contribution in [3.63, 3.8) is 0 Å². The second kappa shape index (κ2) is 5.98. The van der Waals surface area contributed by atoms with Crippen LogP contribution in [0.4, 0.5) is 0 Å². The average molecular weight is 304 g/mol. The van der Waals surface area contributed by atoms with Crippen molar-refractivity contribution in [2.24, 2.45) is 0 Å². The van der Waals surface area contributed by atoms with Gasteiger partial charge in [0.15, 0.2) is 0 Å². The minimum Gasteiger partial charge on any atom is -0.0616 e. The molecule has 4 rings (SSSR count). The van der Waals surface area contributed by atoms with Crippen molar-refractivity contribution < 1.29 is 0 Å². The molecular weight excluding hydrogens is 288 g/mol. The molecule has 0 aliphatic carbocycles. The Bertz CT molecular complexity index is 913. The van der Waals surface area contributed by atoms with Gasteiger partial charge in [-0.3, -0.25) is 0 Å². The predicted molar refractivity (Wildman–Crippen MR) is 97.7 cm³/mol. The molecule has 0 N–H and O–H groups in total. The van der Waals surface area contributed by atoms with Gasteiger partial charge in [0.2, 0.25) is 0 Å². The van der Waals surface area contributed by atoms with Gasteiger partial charge in [-0.2, -0.15) is 0 Å². The van der Waals surface area contributed by atoms with Gasteiger partial charge >= 0.3 is 0 Å². The summed E-state index contributed by atoms with van der Waals surface area (Å²) >= 11 is 0. The highest BCUT2D eigenvalue weighted by Gasteiger charge is 2.31. The second-order valence-electron chi connectivity index (χ2n) is 6.09. The van der Waals surface area contributed by atoms with Gasteiger partial charge in [0.25, 0.3) is 0 Å². The third-order valence-electron chi connectivity index (χ3n) is 4.70. The summed E-state index contributed by atoms with van der Waals surface area (Å²) in [4.78, 5) is 0. The van der Waals surface area contributed by atoms with Gasteiger partial charge in [-0.25, -0.2) is 0 Å². The van der Waals surface area contributed by atoms with Crippen LogP contribution in [0.25, 0.3) is 10.8 Å². The van der Waals surface area contributed by atoms with E-state index in [0.717, 1.165) is 11.1 Å². The van der Waals surface area contributed by atoms with Crippen LogP contribution < -0.4 is 0 Å². The van der Waals surface area contributed by atoms with E-state index in [2.05, 4.69) is 73.7 Å². The Labute approximate surface area is 143 Å². The van der Waals surface area contributed by atoms with Crippen LogP contribution in [0.2, 0.25) is 0 Å². The van der Waals surface area contributed by atoms with Gasteiger partial charge in [-0.1, -0.05) is 60.7 Å². The molecule has 4 aromatic carbocycles. The number of hydrogen-bond acceptors (Lipinski definition) is 0. The summed E-state index contributed by atoms with van der Waals surface area (Å²) in [6.07, 6.45) is 0. The molecule has 0 bridgehead atoms. The first-order chi connectivity index (χ1) is 11.8. The van der Waals surface area contributed by atoms with Crippen molar-refractivity contribution in [3.8, 4) is 0 Å². The molecule has 0 atom stereocenters. The predicted octanol–water partition coefficient (Wildman–Crippen LogP) is 5.39. The summed E-state index contributed by atoms with van der Waals surface area (Å²) in [6, 6.07) is 39.9. The van der Waals surface area contributed by atoms with E-state index in [1.54, 1.807) is 0 Å². The van der Waals surface area contributed by atoms with Crippen molar-refractivity contribution in [2.75, 3.05) is 0 Å². The maximum Gasteiger partial charge on any atom is 0.0436 e. The number of hydrogen-bond donors (Lipinski definition) is 0. The number of benzene rings is 4. The molecule has 0 aliphatic heterocycles. The Morgan fingerprint density at radius 2 is 1.33 bits per heavy atom. The van der Waals surface area contributed by atoms with Crippen LogP contribution in [-0.2, 0) is 5.41 Å². The Hall–Kier alpha value is -2.86. The molecule has 0 fully saturated rings. The molecule has 0 spiro atoms. The first-order valence-electron chi connectivity index (χ1n) is 8.04. The van der Waals surface area contributed by atoms with E-state index in [0.29, 0.717) is 0 Å². The van der Waals surface area contributed by atoms with Crippen molar-refractivity contribution in [3.05, 3.63) is 120 Å². The third-order valence-corrected chi connectivity index (χ3v) is 4.70. The minimum absolute atomic E-state index is 0.348. The molecule has 0 amide bonds. The lowest BCUT2D eigenvalue weighted by atomic mass is 9.71. The maximum absolute atomic E-state index is 3.39. The standard InChI is InChI=1S/C24H16/c1-24(21-12-4-2-5-13-21,22-14-6-3-7-15-22)23-17-16-19-10-8-9-11-20(19)18-23/h2-4,6,8-11,13,15-18H,1H3. The lowest BCUT2D eigenvalue weighted by molar-refractivity contribution is 0.691. The van der Waals surface area contributed by atoms with Gasteiger partial charge in [-0.15, -0.1) is 0 Å². The van der Waals surface area contributed by atoms with E-state index < -0.39 is 0 Å². The highest BCUT2D eigenvalue weighted by molar-refractivity contribution is 5.83. The molecule has 0 heterocycles. The summed E-state index contributed by atoms with van der Waals surface area (Å²) in [6.45, 7) is 2.22. The summed E-state index contributed by atoms with van der Waals surface area (Å²) in [5, 5.41) is 2.48. The van der Waals surface area contributed by atoms with Crippen LogP contribution >= 0.6 is 0 Å². The minimum atomic E-state index is -0.348. The maximum atomic E-state index is 3.39. The van der Waals surface area contributed by atoms with Crippen LogP contribution in [0.5, 0.6) is 0 Å². The fourth-order valence-electron chi connectivity index (χ4n) is 3.24. The Balaban J connectivity index is 1.98. The van der Waals surface area contributed by atoms with E-state index >= 15 is 0 Å². The van der Waals surface area contributed by atoms with Crippen molar-refractivity contribution in [1.29, 1.82) is 0 Å². The zero-order valence-electron chi connectivity index (χ0n) is 13.5. The van der Waals surface area contributed by atoms with Crippen LogP contribution in [0, 0.1) is 24.3 Å². The van der Waals surface area contributed by atoms with E-state index in [-0.39, 0.29) is 5.41 Å². The molecule has 4 radical (unpaired) electrons. The van der Waals surface area contributed by atoms with E-state index in [1.165, 1.54) is 16.3 Å². The van der Waals surface area contributed by atoms with Crippen molar-refractivity contribution in [2.45, 2.75) is 12.3 Å². The molecule has 0 aromatic heterocycles. The fourth-order valence-corrected chi connectivity index (χ4v) is 3.24. The molecule has 0 saturated heterocycles. The molecule has 0 unspecified atom stereocenters. The van der Waals surface area contributed by atoms with Crippen molar-refractivity contribution in [1.82, 2.24) is 0 Å². The summed E-state index contributed by atoms with van der Waals surface area (Å²) in [5.74, 6) is 0. The van der Waals surface area contributed by atoms with Crippen LogP contribution in [0.15, 0.2) is 78.9 Å². The second-order valence-corrected chi connectivity index (χ2v) is 6.09. The Morgan fingerprint density at radius 1 is 0.708 bits per heavy atom. The molecule has 0 aliphatic rings. The van der Waals surface area contributed by atoms with Crippen molar-refractivity contribution >= 4 is 10.8 Å². The van der Waals surface area contributed by atoms with Gasteiger partial charge in [0, 0.05) is 5.41 Å². The van der Waals surface area contributed by atoms with Gasteiger partial charge in [-0.05, 0) is 76.9 Å². The van der Waals surface area contributed by atoms with Crippen LogP contribution in [-0.4, -0.2) is 0 Å². The molecule has 0 nitrogen and oxygen atoms in total. The summed E-state index contributed by atoms with van der Waals surface area (Å²) in [7, 11) is 0. The molecular formula is C24H16. The zero-order valence-corrected chi connectivity index (χ0v) is 13.5. The normalized spacial score (nSPS) is 11.5. The zero-order chi connectivity index (χ0) is 16.4. The average Bonchev–Trinajstić information content (AvgIpc) is 2.68. The number of fused-ring (bicyclic) bond motifs is 1. The van der Waals surface area contributed by atoms with E-state index in [1.807, 2.05) is 36.4 Å². The monoisotopic (exact) mass is 304 g/mol. The Kier molecular flexibility index (Phi) is 3.66. The smallest absolute Gasteiger partial charge is 0.0436 e. The van der Waals surface area contributed by atoms with Crippen LogP contribution in [0.1, 0.15) is 23.6 Å². The van der Waals surface area contributed by atoms with Gasteiger partial charge in [0.1, 0.15) is 0 Å². The molecule has 4 aromatic rings. The molecule has 0 saturated carbocycles. The van der Waals surface area contributed by atoms with Crippen LogP contribution in [0.3, 0.4) is 0 Å². The topological polar surface area (TPSA) is 0 Å². The van der Waals surface area contributed by atoms with Gasteiger partial charge in [0.05, 0.1) is 0 Å².